The summed E-state index contributed by atoms with van der Waals surface area (Å²) in [5, 5.41) is 0. The predicted octanol–water partition coefficient (Wildman–Crippen LogP) is 3.54. The molecule has 0 unspecified atom stereocenters. The zero-order valence-corrected chi connectivity index (χ0v) is 9.14. The summed E-state index contributed by atoms with van der Waals surface area (Å²) in [5.41, 5.74) is -1.76. The Kier molecular flexibility index (Phi) is 3.98. The highest BCUT2D eigenvalue weighted by molar-refractivity contribution is 5.70. The van der Waals surface area contributed by atoms with E-state index in [0.29, 0.717) is 5.75 Å². The number of ether oxygens (including phenoxy) is 2. The maximum atomic E-state index is 13.1. The summed E-state index contributed by atoms with van der Waals surface area (Å²) in [6, 6.07) is 3.18. The molecule has 1 aromatic carbocycles. The van der Waals surface area contributed by atoms with Gasteiger partial charge in [0, 0.05) is 0 Å². The summed E-state index contributed by atoms with van der Waals surface area (Å²) in [4.78, 5) is 0. The van der Waals surface area contributed by atoms with Crippen molar-refractivity contribution in [3.8, 4) is 5.75 Å². The summed E-state index contributed by atoms with van der Waals surface area (Å²) < 4.78 is 59.7. The number of hydrogen-bond donors (Lipinski definition) is 0. The molecule has 6 heteroatoms. The van der Waals surface area contributed by atoms with Gasteiger partial charge in [0.2, 0.25) is 0 Å². The Hall–Kier alpha value is -1.72. The van der Waals surface area contributed by atoms with Crippen molar-refractivity contribution in [2.24, 2.45) is 0 Å². The Bertz CT molecular complexity index is 406. The van der Waals surface area contributed by atoms with Gasteiger partial charge in [-0.25, -0.2) is 0 Å². The van der Waals surface area contributed by atoms with Crippen LogP contribution in [0.25, 0.3) is 5.57 Å². The van der Waals surface area contributed by atoms with Crippen molar-refractivity contribution in [2.75, 3.05) is 14.2 Å². The lowest BCUT2D eigenvalue weighted by Gasteiger charge is -2.13. The maximum Gasteiger partial charge on any atom is 0.422 e. The smallest absolute Gasteiger partial charge is 0.422 e. The topological polar surface area (TPSA) is 18.5 Å². The zero-order chi connectivity index (χ0) is 13.1. The molecule has 2 nitrogen and oxygen atoms in total. The highest BCUT2D eigenvalue weighted by Crippen LogP contribution is 2.37. The van der Waals surface area contributed by atoms with Crippen LogP contribution in [0.5, 0.6) is 5.75 Å². The number of benzene rings is 1. The molecule has 0 heterocycles. The van der Waals surface area contributed by atoms with Gasteiger partial charge in [0.1, 0.15) is 11.3 Å². The van der Waals surface area contributed by atoms with Crippen LogP contribution in [0.2, 0.25) is 0 Å². The molecule has 0 saturated carbocycles. The summed E-state index contributed by atoms with van der Waals surface area (Å²) in [6.45, 7) is 0. The molecule has 0 aromatic heterocycles. The Balaban J connectivity index is 3.24. The second-order valence-electron chi connectivity index (χ2n) is 3.08. The normalized spacial score (nSPS) is 13.1. The van der Waals surface area contributed by atoms with Gasteiger partial charge in [-0.1, -0.05) is 12.1 Å². The lowest BCUT2D eigenvalue weighted by molar-refractivity contribution is -0.0726. The van der Waals surface area contributed by atoms with Gasteiger partial charge in [-0.05, 0) is 17.7 Å². The summed E-state index contributed by atoms with van der Waals surface area (Å²) in [6.07, 6.45) is -4.82. The number of allylic oxidation sites excluding steroid dienone is 1. The van der Waals surface area contributed by atoms with Crippen LogP contribution in [0.3, 0.4) is 0 Å². The first-order valence-corrected chi connectivity index (χ1v) is 4.55. The molecule has 94 valence electrons. The van der Waals surface area contributed by atoms with E-state index in [1.807, 2.05) is 0 Å². The van der Waals surface area contributed by atoms with Gasteiger partial charge in [0.05, 0.1) is 14.2 Å². The average molecular weight is 250 g/mol. The second kappa shape index (κ2) is 5.07. The highest BCUT2D eigenvalue weighted by Gasteiger charge is 2.39. The minimum Gasteiger partial charge on any atom is -0.497 e. The van der Waals surface area contributed by atoms with Crippen LogP contribution in [0.4, 0.5) is 17.6 Å². The first kappa shape index (κ1) is 13.3. The van der Waals surface area contributed by atoms with Gasteiger partial charge in [-0.2, -0.15) is 17.6 Å². The molecule has 0 saturated heterocycles. The monoisotopic (exact) mass is 250 g/mol. The Morgan fingerprint density at radius 3 is 1.94 bits per heavy atom. The van der Waals surface area contributed by atoms with E-state index in [2.05, 4.69) is 4.74 Å². The molecule has 0 radical (unpaired) electrons. The molecule has 0 N–H and O–H groups in total. The van der Waals surface area contributed by atoms with E-state index < -0.39 is 17.8 Å². The maximum absolute atomic E-state index is 13.1. The van der Waals surface area contributed by atoms with E-state index in [9.17, 15) is 17.6 Å². The van der Waals surface area contributed by atoms with Crippen molar-refractivity contribution in [1.29, 1.82) is 0 Å². The van der Waals surface area contributed by atoms with Crippen LogP contribution in [-0.2, 0) is 4.74 Å². The minimum absolute atomic E-state index is 0.322. The summed E-state index contributed by atoms with van der Waals surface area (Å²) >= 11 is 0. The number of halogens is 4. The molecular weight excluding hydrogens is 240 g/mol. The molecule has 17 heavy (non-hydrogen) atoms. The van der Waals surface area contributed by atoms with Crippen molar-refractivity contribution in [3.05, 3.63) is 35.8 Å². The predicted molar refractivity (Wildman–Crippen MR) is 54.1 cm³/mol. The molecular formula is C11H10F4O2. The standard InChI is InChI=1S/C11H10F4O2/c1-16-8-5-3-7(4-6-8)9(10(12)17-2)11(13,14)15/h3-6H,1-2H3/b10-9-. The number of hydrogen-bond acceptors (Lipinski definition) is 2. The first-order chi connectivity index (χ1) is 7.90. The summed E-state index contributed by atoms with van der Waals surface area (Å²) in [5.74, 6) is 0.382. The van der Waals surface area contributed by atoms with Crippen molar-refractivity contribution < 1.29 is 27.0 Å². The quantitative estimate of drug-likeness (QED) is 0.603. The van der Waals surface area contributed by atoms with E-state index in [4.69, 9.17) is 4.74 Å². The molecule has 0 atom stereocenters. The summed E-state index contributed by atoms with van der Waals surface area (Å²) in [7, 11) is 2.22. The fourth-order valence-corrected chi connectivity index (χ4v) is 1.25. The SMILES string of the molecule is CO/C(F)=C(/c1ccc(OC)cc1)C(F)(F)F. The number of methoxy groups -OCH3 is 2. The van der Waals surface area contributed by atoms with Crippen molar-refractivity contribution >= 4 is 5.57 Å². The van der Waals surface area contributed by atoms with Gasteiger partial charge < -0.3 is 9.47 Å². The van der Waals surface area contributed by atoms with Crippen LogP contribution in [-0.4, -0.2) is 20.4 Å². The lowest BCUT2D eigenvalue weighted by atomic mass is 10.1. The minimum atomic E-state index is -4.82. The Labute approximate surface area is 95.5 Å². The third kappa shape index (κ3) is 3.12. The lowest BCUT2D eigenvalue weighted by Crippen LogP contribution is -2.13. The van der Waals surface area contributed by atoms with E-state index in [1.54, 1.807) is 0 Å². The van der Waals surface area contributed by atoms with Gasteiger partial charge >= 0.3 is 6.18 Å². The van der Waals surface area contributed by atoms with E-state index in [0.717, 1.165) is 19.2 Å². The van der Waals surface area contributed by atoms with E-state index >= 15 is 0 Å². The number of rotatable bonds is 3. The molecule has 0 bridgehead atoms. The zero-order valence-electron chi connectivity index (χ0n) is 9.14. The third-order valence-corrected chi connectivity index (χ3v) is 2.04. The molecule has 0 amide bonds. The van der Waals surface area contributed by atoms with Gasteiger partial charge in [-0.15, -0.1) is 0 Å². The molecule has 1 rings (SSSR count). The Morgan fingerprint density at radius 1 is 1.06 bits per heavy atom. The van der Waals surface area contributed by atoms with Crippen molar-refractivity contribution in [3.63, 3.8) is 0 Å². The van der Waals surface area contributed by atoms with Crippen LogP contribution >= 0.6 is 0 Å². The fraction of sp³-hybridized carbons (Fsp3) is 0.273. The molecule has 1 aromatic rings. The highest BCUT2D eigenvalue weighted by atomic mass is 19.4. The molecule has 0 aliphatic heterocycles. The van der Waals surface area contributed by atoms with Crippen molar-refractivity contribution in [2.45, 2.75) is 6.18 Å². The second-order valence-corrected chi connectivity index (χ2v) is 3.08. The fourth-order valence-electron chi connectivity index (χ4n) is 1.25. The van der Waals surface area contributed by atoms with Gasteiger partial charge in [-0.3, -0.25) is 0 Å². The third-order valence-electron chi connectivity index (χ3n) is 2.04. The number of alkyl halides is 3. The average Bonchev–Trinajstić information content (AvgIpc) is 2.28. The van der Waals surface area contributed by atoms with Crippen LogP contribution < -0.4 is 4.74 Å². The first-order valence-electron chi connectivity index (χ1n) is 4.55. The van der Waals surface area contributed by atoms with Gasteiger partial charge in [0.15, 0.2) is 0 Å². The molecule has 0 aliphatic carbocycles. The molecule has 0 aliphatic rings. The van der Waals surface area contributed by atoms with E-state index in [1.165, 1.54) is 19.2 Å². The van der Waals surface area contributed by atoms with Crippen LogP contribution in [0, 0.1) is 0 Å². The van der Waals surface area contributed by atoms with Crippen molar-refractivity contribution in [1.82, 2.24) is 0 Å². The van der Waals surface area contributed by atoms with Crippen LogP contribution in [0.1, 0.15) is 5.56 Å². The van der Waals surface area contributed by atoms with Gasteiger partial charge in [0.25, 0.3) is 6.01 Å². The van der Waals surface area contributed by atoms with Crippen LogP contribution in [0.15, 0.2) is 30.3 Å². The van der Waals surface area contributed by atoms with E-state index in [-0.39, 0.29) is 5.56 Å². The Morgan fingerprint density at radius 2 is 1.59 bits per heavy atom. The molecule has 0 fully saturated rings. The molecule has 0 spiro atoms. The largest absolute Gasteiger partial charge is 0.497 e.